The zero-order valence-corrected chi connectivity index (χ0v) is 13.6. The molecule has 0 spiro atoms. The standard InChI is InChI=1S/C19H18FN3O2/c20-17-4-2-1-3-16(17)18-13-23(9-10-25-18)19(24)22-12-15-7-5-14(11-21)6-8-15/h1-8,18H,9-10,12-13H2,(H,22,24)/t18-/m0/s1. The molecule has 5 nitrogen and oxygen atoms in total. The predicted octanol–water partition coefficient (Wildman–Crippen LogP) is 2.98. The summed E-state index contributed by atoms with van der Waals surface area (Å²) in [5.74, 6) is -0.327. The molecule has 1 atom stereocenters. The molecule has 1 N–H and O–H groups in total. The number of nitriles is 1. The van der Waals surface area contributed by atoms with E-state index < -0.39 is 6.10 Å². The zero-order chi connectivity index (χ0) is 17.6. The number of carbonyl (C=O) groups is 1. The Morgan fingerprint density at radius 2 is 2.04 bits per heavy atom. The van der Waals surface area contributed by atoms with Gasteiger partial charge in [0.2, 0.25) is 0 Å². The molecule has 1 saturated heterocycles. The summed E-state index contributed by atoms with van der Waals surface area (Å²) in [5.41, 5.74) is 1.95. The number of urea groups is 1. The molecule has 6 heteroatoms. The van der Waals surface area contributed by atoms with Gasteiger partial charge in [0.15, 0.2) is 0 Å². The molecular formula is C19H18FN3O2. The van der Waals surface area contributed by atoms with E-state index in [0.717, 1.165) is 5.56 Å². The van der Waals surface area contributed by atoms with Crippen LogP contribution in [0.3, 0.4) is 0 Å². The Morgan fingerprint density at radius 3 is 2.76 bits per heavy atom. The van der Waals surface area contributed by atoms with Crippen LogP contribution in [-0.2, 0) is 11.3 Å². The Bertz CT molecular complexity index is 786. The van der Waals surface area contributed by atoms with Gasteiger partial charge in [-0.3, -0.25) is 0 Å². The van der Waals surface area contributed by atoms with E-state index in [1.165, 1.54) is 6.07 Å². The smallest absolute Gasteiger partial charge is 0.317 e. The average Bonchev–Trinajstić information content (AvgIpc) is 2.67. The molecule has 1 aliphatic rings. The van der Waals surface area contributed by atoms with Gasteiger partial charge in [-0.2, -0.15) is 5.26 Å². The van der Waals surface area contributed by atoms with Crippen molar-refractivity contribution < 1.29 is 13.9 Å². The van der Waals surface area contributed by atoms with Crippen LogP contribution < -0.4 is 5.32 Å². The summed E-state index contributed by atoms with van der Waals surface area (Å²) in [5, 5.41) is 11.6. The van der Waals surface area contributed by atoms with Crippen LogP contribution in [0.15, 0.2) is 48.5 Å². The Labute approximate surface area is 145 Å². The second-order valence-electron chi connectivity index (χ2n) is 5.79. The number of ether oxygens (including phenoxy) is 1. The molecule has 3 rings (SSSR count). The van der Waals surface area contributed by atoms with E-state index in [-0.39, 0.29) is 11.8 Å². The predicted molar refractivity (Wildman–Crippen MR) is 90.1 cm³/mol. The van der Waals surface area contributed by atoms with E-state index >= 15 is 0 Å². The number of hydrogen-bond donors (Lipinski definition) is 1. The first-order valence-electron chi connectivity index (χ1n) is 8.05. The van der Waals surface area contributed by atoms with Crippen LogP contribution in [0, 0.1) is 17.1 Å². The van der Waals surface area contributed by atoms with Gasteiger partial charge in [0.05, 0.1) is 24.8 Å². The normalized spacial score (nSPS) is 17.0. The first-order valence-corrected chi connectivity index (χ1v) is 8.05. The lowest BCUT2D eigenvalue weighted by Crippen LogP contribution is -2.47. The fourth-order valence-corrected chi connectivity index (χ4v) is 2.74. The van der Waals surface area contributed by atoms with E-state index in [2.05, 4.69) is 11.4 Å². The molecule has 2 aromatic rings. The summed E-state index contributed by atoms with van der Waals surface area (Å²) >= 11 is 0. The fraction of sp³-hybridized carbons (Fsp3) is 0.263. The lowest BCUT2D eigenvalue weighted by molar-refractivity contribution is -0.0171. The van der Waals surface area contributed by atoms with Crippen LogP contribution in [0.1, 0.15) is 22.8 Å². The molecule has 0 unspecified atom stereocenters. The number of rotatable bonds is 3. The minimum atomic E-state index is -0.462. The number of benzene rings is 2. The van der Waals surface area contributed by atoms with Crippen LogP contribution in [0.2, 0.25) is 0 Å². The molecule has 0 bridgehead atoms. The summed E-state index contributed by atoms with van der Waals surface area (Å²) in [7, 11) is 0. The number of halogens is 1. The molecule has 128 valence electrons. The highest BCUT2D eigenvalue weighted by atomic mass is 19.1. The summed E-state index contributed by atoms with van der Waals surface area (Å²) in [6.07, 6.45) is -0.462. The third-order valence-electron chi connectivity index (χ3n) is 4.13. The molecule has 25 heavy (non-hydrogen) atoms. The molecule has 0 saturated carbocycles. The highest BCUT2D eigenvalue weighted by Gasteiger charge is 2.26. The average molecular weight is 339 g/mol. The summed E-state index contributed by atoms with van der Waals surface area (Å²) in [6.45, 7) is 1.50. The van der Waals surface area contributed by atoms with Crippen molar-refractivity contribution in [2.24, 2.45) is 0 Å². The summed E-state index contributed by atoms with van der Waals surface area (Å²) < 4.78 is 19.5. The topological polar surface area (TPSA) is 65.4 Å². The Morgan fingerprint density at radius 1 is 1.28 bits per heavy atom. The van der Waals surface area contributed by atoms with Gasteiger partial charge in [-0.1, -0.05) is 30.3 Å². The van der Waals surface area contributed by atoms with Gasteiger partial charge in [0.1, 0.15) is 11.9 Å². The van der Waals surface area contributed by atoms with Crippen molar-refractivity contribution >= 4 is 6.03 Å². The number of morpholine rings is 1. The van der Waals surface area contributed by atoms with Crippen LogP contribution in [-0.4, -0.2) is 30.6 Å². The number of hydrogen-bond acceptors (Lipinski definition) is 3. The Balaban J connectivity index is 1.58. The SMILES string of the molecule is N#Cc1ccc(CNC(=O)N2CCO[C@H](c3ccccc3F)C2)cc1. The van der Waals surface area contributed by atoms with Crippen molar-refractivity contribution in [2.45, 2.75) is 12.6 Å². The minimum absolute atomic E-state index is 0.214. The molecule has 2 aromatic carbocycles. The minimum Gasteiger partial charge on any atom is -0.370 e. The van der Waals surface area contributed by atoms with Crippen molar-refractivity contribution in [1.82, 2.24) is 10.2 Å². The van der Waals surface area contributed by atoms with E-state index in [9.17, 15) is 9.18 Å². The molecule has 0 aliphatic carbocycles. The summed E-state index contributed by atoms with van der Waals surface area (Å²) in [6, 6.07) is 15.3. The van der Waals surface area contributed by atoms with Crippen LogP contribution >= 0.6 is 0 Å². The quantitative estimate of drug-likeness (QED) is 0.935. The lowest BCUT2D eigenvalue weighted by Gasteiger charge is -2.33. The van der Waals surface area contributed by atoms with E-state index in [4.69, 9.17) is 10.00 Å². The van der Waals surface area contributed by atoms with Gasteiger partial charge in [-0.25, -0.2) is 9.18 Å². The summed E-state index contributed by atoms with van der Waals surface area (Å²) in [4.78, 5) is 14.0. The number of amides is 2. The van der Waals surface area contributed by atoms with Crippen LogP contribution in [0.4, 0.5) is 9.18 Å². The molecular weight excluding hydrogens is 321 g/mol. The van der Waals surface area contributed by atoms with E-state index in [1.807, 2.05) is 0 Å². The maximum Gasteiger partial charge on any atom is 0.317 e. The van der Waals surface area contributed by atoms with Crippen molar-refractivity contribution in [1.29, 1.82) is 5.26 Å². The number of carbonyl (C=O) groups excluding carboxylic acids is 1. The second-order valence-corrected chi connectivity index (χ2v) is 5.79. The van der Waals surface area contributed by atoms with Gasteiger partial charge >= 0.3 is 6.03 Å². The van der Waals surface area contributed by atoms with Crippen molar-refractivity contribution in [3.05, 3.63) is 71.0 Å². The zero-order valence-electron chi connectivity index (χ0n) is 13.6. The first kappa shape index (κ1) is 16.9. The molecule has 2 amide bonds. The third-order valence-corrected chi connectivity index (χ3v) is 4.13. The van der Waals surface area contributed by atoms with Crippen molar-refractivity contribution in [2.75, 3.05) is 19.7 Å². The van der Waals surface area contributed by atoms with Gasteiger partial charge < -0.3 is 15.0 Å². The maximum atomic E-state index is 13.9. The Kier molecular flexibility index (Phi) is 5.26. The van der Waals surface area contributed by atoms with Crippen molar-refractivity contribution in [3.8, 4) is 6.07 Å². The third kappa shape index (κ3) is 4.14. The maximum absolute atomic E-state index is 13.9. The van der Waals surface area contributed by atoms with Gasteiger partial charge in [0, 0.05) is 18.7 Å². The van der Waals surface area contributed by atoms with Crippen LogP contribution in [0.25, 0.3) is 0 Å². The number of nitrogens with one attached hydrogen (secondary N) is 1. The first-order chi connectivity index (χ1) is 12.2. The molecule has 1 aliphatic heterocycles. The van der Waals surface area contributed by atoms with Gasteiger partial charge in [-0.15, -0.1) is 0 Å². The van der Waals surface area contributed by atoms with Gasteiger partial charge in [0.25, 0.3) is 0 Å². The van der Waals surface area contributed by atoms with Gasteiger partial charge in [-0.05, 0) is 23.8 Å². The lowest BCUT2D eigenvalue weighted by atomic mass is 10.1. The Hall–Kier alpha value is -2.91. The molecule has 1 heterocycles. The monoisotopic (exact) mass is 339 g/mol. The highest BCUT2D eigenvalue weighted by Crippen LogP contribution is 2.24. The van der Waals surface area contributed by atoms with E-state index in [1.54, 1.807) is 47.4 Å². The largest absolute Gasteiger partial charge is 0.370 e. The second kappa shape index (κ2) is 7.77. The molecule has 0 aromatic heterocycles. The fourth-order valence-electron chi connectivity index (χ4n) is 2.74. The molecule has 1 fully saturated rings. The van der Waals surface area contributed by atoms with Crippen molar-refractivity contribution in [3.63, 3.8) is 0 Å². The number of nitrogens with zero attached hydrogens (tertiary/aromatic N) is 2. The molecule has 0 radical (unpaired) electrons. The van der Waals surface area contributed by atoms with Crippen LogP contribution in [0.5, 0.6) is 0 Å². The van der Waals surface area contributed by atoms with E-state index in [0.29, 0.717) is 37.4 Å². The highest BCUT2D eigenvalue weighted by molar-refractivity contribution is 5.74.